The number of benzene rings is 3. The van der Waals surface area contributed by atoms with Gasteiger partial charge in [0.1, 0.15) is 0 Å². The molecule has 3 aromatic carbocycles. The summed E-state index contributed by atoms with van der Waals surface area (Å²) < 4.78 is 0. The molecule has 0 bridgehead atoms. The Bertz CT molecular complexity index is 913. The van der Waals surface area contributed by atoms with Gasteiger partial charge in [0.2, 0.25) is 0 Å². The molecule has 0 spiro atoms. The third-order valence-corrected chi connectivity index (χ3v) is 5.87. The fourth-order valence-electron chi connectivity index (χ4n) is 4.34. The summed E-state index contributed by atoms with van der Waals surface area (Å²) >= 11 is 0. The van der Waals surface area contributed by atoms with Crippen molar-refractivity contribution < 1.29 is 0 Å². The highest BCUT2D eigenvalue weighted by Crippen LogP contribution is 2.37. The minimum atomic E-state index is -0.0580. The SMILES string of the molecule is Cc1cc(C)cc(C(C)(Cc2ccccc2)c2ccc(C)c(CC(C)C)c2)c1. The number of hydrogen-bond acceptors (Lipinski definition) is 0. The maximum Gasteiger partial charge on any atom is 0.0215 e. The van der Waals surface area contributed by atoms with Gasteiger partial charge < -0.3 is 0 Å². The Kier molecular flexibility index (Phi) is 6.08. The molecular formula is C28H34. The monoisotopic (exact) mass is 370 g/mol. The van der Waals surface area contributed by atoms with Crippen LogP contribution in [0.2, 0.25) is 0 Å². The van der Waals surface area contributed by atoms with Crippen LogP contribution < -0.4 is 0 Å². The van der Waals surface area contributed by atoms with Crippen molar-refractivity contribution in [2.45, 2.75) is 59.8 Å². The Balaban J connectivity index is 2.16. The zero-order valence-corrected chi connectivity index (χ0v) is 18.3. The van der Waals surface area contributed by atoms with Crippen LogP contribution in [0.15, 0.2) is 66.7 Å². The summed E-state index contributed by atoms with van der Waals surface area (Å²) in [5, 5.41) is 0. The van der Waals surface area contributed by atoms with E-state index in [-0.39, 0.29) is 5.41 Å². The second-order valence-electron chi connectivity index (χ2n) is 9.11. The molecule has 0 heterocycles. The Morgan fingerprint density at radius 3 is 2.00 bits per heavy atom. The molecule has 3 rings (SSSR count). The lowest BCUT2D eigenvalue weighted by Crippen LogP contribution is -2.27. The molecule has 1 unspecified atom stereocenters. The molecule has 0 amide bonds. The van der Waals surface area contributed by atoms with Gasteiger partial charge in [0.15, 0.2) is 0 Å². The summed E-state index contributed by atoms with van der Waals surface area (Å²) in [5.74, 6) is 0.663. The molecule has 1 atom stereocenters. The van der Waals surface area contributed by atoms with Crippen molar-refractivity contribution in [3.05, 3.63) is 106 Å². The van der Waals surface area contributed by atoms with Crippen LogP contribution >= 0.6 is 0 Å². The molecule has 0 fully saturated rings. The van der Waals surface area contributed by atoms with Crippen molar-refractivity contribution in [1.82, 2.24) is 0 Å². The first kappa shape index (κ1) is 20.4. The first-order chi connectivity index (χ1) is 13.3. The highest BCUT2D eigenvalue weighted by atomic mass is 14.3. The summed E-state index contributed by atoms with van der Waals surface area (Å²) in [4.78, 5) is 0. The molecule has 0 aliphatic rings. The Morgan fingerprint density at radius 2 is 1.39 bits per heavy atom. The van der Waals surface area contributed by atoms with Crippen molar-refractivity contribution in [1.29, 1.82) is 0 Å². The average Bonchev–Trinajstić information content (AvgIpc) is 2.63. The lowest BCUT2D eigenvalue weighted by atomic mass is 9.70. The first-order valence-electron chi connectivity index (χ1n) is 10.5. The fraction of sp³-hybridized carbons (Fsp3) is 0.357. The van der Waals surface area contributed by atoms with Crippen molar-refractivity contribution in [2.24, 2.45) is 5.92 Å². The van der Waals surface area contributed by atoms with Gasteiger partial charge in [0.05, 0.1) is 0 Å². The van der Waals surface area contributed by atoms with Crippen LogP contribution in [0.4, 0.5) is 0 Å². The third kappa shape index (κ3) is 4.55. The van der Waals surface area contributed by atoms with Gasteiger partial charge >= 0.3 is 0 Å². The van der Waals surface area contributed by atoms with Gasteiger partial charge in [-0.3, -0.25) is 0 Å². The summed E-state index contributed by atoms with van der Waals surface area (Å²) in [6.07, 6.45) is 2.13. The van der Waals surface area contributed by atoms with E-state index >= 15 is 0 Å². The van der Waals surface area contributed by atoms with Crippen LogP contribution in [0.3, 0.4) is 0 Å². The summed E-state index contributed by atoms with van der Waals surface area (Å²) in [6, 6.07) is 25.1. The van der Waals surface area contributed by atoms with Crippen LogP contribution in [0.1, 0.15) is 59.7 Å². The van der Waals surface area contributed by atoms with Crippen molar-refractivity contribution >= 4 is 0 Å². The van der Waals surface area contributed by atoms with E-state index in [2.05, 4.69) is 108 Å². The quantitative estimate of drug-likeness (QED) is 0.425. The second kappa shape index (κ2) is 8.35. The molecule has 0 aromatic heterocycles. The van der Waals surface area contributed by atoms with E-state index in [0.29, 0.717) is 5.92 Å². The largest absolute Gasteiger partial charge is 0.0625 e. The average molecular weight is 371 g/mol. The predicted octanol–water partition coefficient (Wildman–Crippen LogP) is 7.36. The molecule has 28 heavy (non-hydrogen) atoms. The van der Waals surface area contributed by atoms with Crippen molar-refractivity contribution in [2.75, 3.05) is 0 Å². The molecule has 0 nitrogen and oxygen atoms in total. The second-order valence-corrected chi connectivity index (χ2v) is 9.11. The zero-order chi connectivity index (χ0) is 20.3. The van der Waals surface area contributed by atoms with Gasteiger partial charge in [-0.25, -0.2) is 0 Å². The Labute approximate surface area is 171 Å². The molecule has 0 N–H and O–H groups in total. The molecule has 0 heteroatoms. The topological polar surface area (TPSA) is 0 Å². The van der Waals surface area contributed by atoms with Gasteiger partial charge in [0.25, 0.3) is 0 Å². The van der Waals surface area contributed by atoms with Gasteiger partial charge in [-0.1, -0.05) is 98.6 Å². The molecule has 0 aliphatic heterocycles. The first-order valence-corrected chi connectivity index (χ1v) is 10.5. The maximum atomic E-state index is 2.47. The summed E-state index contributed by atoms with van der Waals surface area (Å²) in [6.45, 7) is 13.7. The van der Waals surface area contributed by atoms with E-state index in [1.165, 1.54) is 38.9 Å². The van der Waals surface area contributed by atoms with E-state index in [4.69, 9.17) is 0 Å². The standard InChI is InChI=1S/C28H34/c1-20(2)14-25-18-26(13-12-23(25)5)28(6,19-24-10-8-7-9-11-24)27-16-21(3)15-22(4)17-27/h7-13,15-18,20H,14,19H2,1-6H3. The van der Waals surface area contributed by atoms with E-state index in [9.17, 15) is 0 Å². The highest BCUT2D eigenvalue weighted by Gasteiger charge is 2.30. The lowest BCUT2D eigenvalue weighted by Gasteiger charge is -2.33. The number of rotatable bonds is 6. The molecule has 146 valence electrons. The van der Waals surface area contributed by atoms with E-state index in [0.717, 1.165) is 12.8 Å². The molecule has 0 aliphatic carbocycles. The lowest BCUT2D eigenvalue weighted by molar-refractivity contribution is 0.563. The smallest absolute Gasteiger partial charge is 0.0215 e. The zero-order valence-electron chi connectivity index (χ0n) is 18.3. The highest BCUT2D eigenvalue weighted by molar-refractivity contribution is 5.46. The normalized spacial score (nSPS) is 13.5. The maximum absolute atomic E-state index is 2.47. The van der Waals surface area contributed by atoms with Crippen LogP contribution in [0.25, 0.3) is 0 Å². The predicted molar refractivity (Wildman–Crippen MR) is 122 cm³/mol. The van der Waals surface area contributed by atoms with Crippen LogP contribution in [-0.2, 0) is 18.3 Å². The van der Waals surface area contributed by atoms with Gasteiger partial charge in [-0.15, -0.1) is 0 Å². The van der Waals surface area contributed by atoms with Crippen LogP contribution in [0, 0.1) is 26.7 Å². The van der Waals surface area contributed by atoms with E-state index in [1.807, 2.05) is 0 Å². The summed E-state index contributed by atoms with van der Waals surface area (Å²) in [7, 11) is 0. The van der Waals surface area contributed by atoms with Crippen molar-refractivity contribution in [3.63, 3.8) is 0 Å². The minimum Gasteiger partial charge on any atom is -0.0625 e. The fourth-order valence-corrected chi connectivity index (χ4v) is 4.34. The Hall–Kier alpha value is -2.34. The minimum absolute atomic E-state index is 0.0580. The molecule has 0 radical (unpaired) electrons. The Morgan fingerprint density at radius 1 is 0.750 bits per heavy atom. The molecular weight excluding hydrogens is 336 g/mol. The molecule has 3 aromatic rings. The van der Waals surface area contributed by atoms with E-state index < -0.39 is 0 Å². The van der Waals surface area contributed by atoms with Gasteiger partial charge in [-0.2, -0.15) is 0 Å². The van der Waals surface area contributed by atoms with Crippen molar-refractivity contribution in [3.8, 4) is 0 Å². The van der Waals surface area contributed by atoms with Crippen LogP contribution in [0.5, 0.6) is 0 Å². The van der Waals surface area contributed by atoms with Gasteiger partial charge in [0, 0.05) is 5.41 Å². The van der Waals surface area contributed by atoms with Gasteiger partial charge in [-0.05, 0) is 67.3 Å². The van der Waals surface area contributed by atoms with E-state index in [1.54, 1.807) is 0 Å². The molecule has 0 saturated heterocycles. The molecule has 0 saturated carbocycles. The third-order valence-electron chi connectivity index (χ3n) is 5.87. The van der Waals surface area contributed by atoms with Crippen LogP contribution in [-0.4, -0.2) is 0 Å². The number of hydrogen-bond donors (Lipinski definition) is 0. The number of aryl methyl sites for hydroxylation is 3. The summed E-state index contributed by atoms with van der Waals surface area (Å²) in [5.41, 5.74) is 9.71.